The van der Waals surface area contributed by atoms with Crippen molar-refractivity contribution in [1.82, 2.24) is 5.32 Å². The summed E-state index contributed by atoms with van der Waals surface area (Å²) < 4.78 is 0. The van der Waals surface area contributed by atoms with E-state index in [2.05, 4.69) is 29.6 Å². The smallest absolute Gasteiger partial charge is 0.0471 e. The highest BCUT2D eigenvalue weighted by molar-refractivity contribution is 5.19. The fraction of sp³-hybridized carbons (Fsp3) is 0.500. The lowest BCUT2D eigenvalue weighted by atomic mass is 9.91. The summed E-state index contributed by atoms with van der Waals surface area (Å²) in [6.45, 7) is 1.25. The monoisotopic (exact) mass is 191 g/mol. The molecule has 0 aliphatic carbocycles. The highest BCUT2D eigenvalue weighted by Gasteiger charge is 2.20. The van der Waals surface area contributed by atoms with Crippen molar-refractivity contribution in [1.29, 1.82) is 0 Å². The Hall–Kier alpha value is -0.860. The minimum absolute atomic E-state index is 0.314. The molecule has 1 fully saturated rings. The molecule has 2 N–H and O–H groups in total. The molecule has 2 rings (SSSR count). The van der Waals surface area contributed by atoms with E-state index < -0.39 is 0 Å². The standard InChI is InChI=1S/C12H17NO/c14-9-10-6-7-12(13-8-10)11-4-2-1-3-5-11/h1-5,10,12-14H,6-9H2. The summed E-state index contributed by atoms with van der Waals surface area (Å²) in [5.41, 5.74) is 1.36. The Morgan fingerprint density at radius 2 is 2.00 bits per heavy atom. The number of nitrogens with one attached hydrogen (secondary N) is 1. The third-order valence-corrected chi connectivity index (χ3v) is 2.98. The van der Waals surface area contributed by atoms with Gasteiger partial charge < -0.3 is 10.4 Å². The lowest BCUT2D eigenvalue weighted by Crippen LogP contribution is -2.34. The zero-order valence-electron chi connectivity index (χ0n) is 8.32. The summed E-state index contributed by atoms with van der Waals surface area (Å²) >= 11 is 0. The average Bonchev–Trinajstić information content (AvgIpc) is 2.30. The molecule has 1 aliphatic heterocycles. The summed E-state index contributed by atoms with van der Waals surface area (Å²) in [7, 11) is 0. The van der Waals surface area contributed by atoms with E-state index in [1.54, 1.807) is 0 Å². The fourth-order valence-electron chi connectivity index (χ4n) is 2.04. The van der Waals surface area contributed by atoms with Crippen LogP contribution in [0.3, 0.4) is 0 Å². The van der Waals surface area contributed by atoms with Gasteiger partial charge in [-0.1, -0.05) is 30.3 Å². The van der Waals surface area contributed by atoms with E-state index in [4.69, 9.17) is 5.11 Å². The third kappa shape index (κ3) is 2.14. The Morgan fingerprint density at radius 1 is 1.21 bits per heavy atom. The van der Waals surface area contributed by atoms with Crippen LogP contribution >= 0.6 is 0 Å². The SMILES string of the molecule is OCC1CCC(c2ccccc2)NC1. The maximum Gasteiger partial charge on any atom is 0.0471 e. The molecule has 0 amide bonds. The van der Waals surface area contributed by atoms with Crippen molar-refractivity contribution in [3.8, 4) is 0 Å². The van der Waals surface area contributed by atoms with Gasteiger partial charge in [0.25, 0.3) is 0 Å². The minimum atomic E-state index is 0.314. The van der Waals surface area contributed by atoms with Crippen molar-refractivity contribution in [2.75, 3.05) is 13.2 Å². The van der Waals surface area contributed by atoms with Gasteiger partial charge in [0.05, 0.1) is 0 Å². The van der Waals surface area contributed by atoms with Crippen LogP contribution in [0.1, 0.15) is 24.4 Å². The Kier molecular flexibility index (Phi) is 3.17. The van der Waals surface area contributed by atoms with E-state index in [9.17, 15) is 0 Å². The van der Waals surface area contributed by atoms with Crippen molar-refractivity contribution in [3.63, 3.8) is 0 Å². The first-order valence-corrected chi connectivity index (χ1v) is 5.29. The van der Waals surface area contributed by atoms with Crippen molar-refractivity contribution < 1.29 is 5.11 Å². The predicted molar refractivity (Wildman–Crippen MR) is 57.0 cm³/mol. The number of piperidine rings is 1. The normalized spacial score (nSPS) is 27.5. The molecular formula is C12H17NO. The van der Waals surface area contributed by atoms with Gasteiger partial charge in [-0.15, -0.1) is 0 Å². The summed E-state index contributed by atoms with van der Waals surface area (Å²) in [6, 6.07) is 11.0. The summed E-state index contributed by atoms with van der Waals surface area (Å²) in [5.74, 6) is 0.454. The van der Waals surface area contributed by atoms with Gasteiger partial charge >= 0.3 is 0 Å². The van der Waals surface area contributed by atoms with Crippen LogP contribution in [0, 0.1) is 5.92 Å². The molecule has 2 nitrogen and oxygen atoms in total. The molecule has 2 unspecified atom stereocenters. The summed E-state index contributed by atoms with van der Waals surface area (Å²) in [6.07, 6.45) is 2.26. The van der Waals surface area contributed by atoms with Crippen LogP contribution in [0.15, 0.2) is 30.3 Å². The molecule has 1 aliphatic rings. The van der Waals surface area contributed by atoms with Crippen LogP contribution in [-0.4, -0.2) is 18.3 Å². The molecule has 0 bridgehead atoms. The second-order valence-electron chi connectivity index (χ2n) is 4.00. The largest absolute Gasteiger partial charge is 0.396 e. The quantitative estimate of drug-likeness (QED) is 0.746. The maximum atomic E-state index is 9.01. The number of rotatable bonds is 2. The van der Waals surface area contributed by atoms with Crippen molar-refractivity contribution in [2.45, 2.75) is 18.9 Å². The first-order chi connectivity index (χ1) is 6.90. The number of hydrogen-bond acceptors (Lipinski definition) is 2. The van der Waals surface area contributed by atoms with Crippen LogP contribution in [-0.2, 0) is 0 Å². The average molecular weight is 191 g/mol. The first-order valence-electron chi connectivity index (χ1n) is 5.29. The van der Waals surface area contributed by atoms with Crippen LogP contribution in [0.5, 0.6) is 0 Å². The molecular weight excluding hydrogens is 174 g/mol. The van der Waals surface area contributed by atoms with Gasteiger partial charge in [0.15, 0.2) is 0 Å². The van der Waals surface area contributed by atoms with E-state index in [0.29, 0.717) is 18.6 Å². The predicted octanol–water partition coefficient (Wildman–Crippen LogP) is 1.72. The third-order valence-electron chi connectivity index (χ3n) is 2.98. The van der Waals surface area contributed by atoms with E-state index >= 15 is 0 Å². The molecule has 2 atom stereocenters. The molecule has 0 aromatic heterocycles. The van der Waals surface area contributed by atoms with Gasteiger partial charge in [0.1, 0.15) is 0 Å². The Bertz CT molecular complexity index is 265. The van der Waals surface area contributed by atoms with Crippen LogP contribution in [0.25, 0.3) is 0 Å². The molecule has 76 valence electrons. The molecule has 0 radical (unpaired) electrons. The number of hydrogen-bond donors (Lipinski definition) is 2. The molecule has 14 heavy (non-hydrogen) atoms. The molecule has 1 saturated heterocycles. The van der Waals surface area contributed by atoms with Gasteiger partial charge in [-0.2, -0.15) is 0 Å². The van der Waals surface area contributed by atoms with E-state index in [1.807, 2.05) is 6.07 Å². The molecule has 2 heteroatoms. The van der Waals surface area contributed by atoms with Crippen molar-refractivity contribution >= 4 is 0 Å². The zero-order chi connectivity index (χ0) is 9.80. The second kappa shape index (κ2) is 4.58. The first kappa shape index (κ1) is 9.69. The maximum absolute atomic E-state index is 9.01. The topological polar surface area (TPSA) is 32.3 Å². The van der Waals surface area contributed by atoms with Crippen LogP contribution in [0.4, 0.5) is 0 Å². The molecule has 1 aromatic rings. The summed E-state index contributed by atoms with van der Waals surface area (Å²) in [5, 5.41) is 12.5. The Balaban J connectivity index is 1.96. The van der Waals surface area contributed by atoms with E-state index in [0.717, 1.165) is 19.4 Å². The van der Waals surface area contributed by atoms with Crippen molar-refractivity contribution in [3.05, 3.63) is 35.9 Å². The van der Waals surface area contributed by atoms with E-state index in [1.165, 1.54) is 5.56 Å². The zero-order valence-corrected chi connectivity index (χ0v) is 8.32. The van der Waals surface area contributed by atoms with Crippen LogP contribution < -0.4 is 5.32 Å². The second-order valence-corrected chi connectivity index (χ2v) is 4.00. The van der Waals surface area contributed by atoms with E-state index in [-0.39, 0.29) is 0 Å². The lowest BCUT2D eigenvalue weighted by molar-refractivity contribution is 0.184. The lowest BCUT2D eigenvalue weighted by Gasteiger charge is -2.29. The minimum Gasteiger partial charge on any atom is -0.396 e. The van der Waals surface area contributed by atoms with Crippen LogP contribution in [0.2, 0.25) is 0 Å². The highest BCUT2D eigenvalue weighted by Crippen LogP contribution is 2.24. The number of benzene rings is 1. The molecule has 0 spiro atoms. The van der Waals surface area contributed by atoms with Crippen molar-refractivity contribution in [2.24, 2.45) is 5.92 Å². The fourth-order valence-corrected chi connectivity index (χ4v) is 2.04. The van der Waals surface area contributed by atoms with Gasteiger partial charge in [-0.25, -0.2) is 0 Å². The number of aliphatic hydroxyl groups is 1. The van der Waals surface area contributed by atoms with Gasteiger partial charge in [0.2, 0.25) is 0 Å². The molecule has 1 heterocycles. The Labute approximate surface area is 85.0 Å². The molecule has 0 saturated carbocycles. The van der Waals surface area contributed by atoms with Gasteiger partial charge in [-0.3, -0.25) is 0 Å². The molecule has 1 aromatic carbocycles. The van der Waals surface area contributed by atoms with Gasteiger partial charge in [-0.05, 0) is 24.3 Å². The highest BCUT2D eigenvalue weighted by atomic mass is 16.3. The number of aliphatic hydroxyl groups excluding tert-OH is 1. The Morgan fingerprint density at radius 3 is 2.57 bits per heavy atom. The summed E-state index contributed by atoms with van der Waals surface area (Å²) in [4.78, 5) is 0. The van der Waals surface area contributed by atoms with Gasteiger partial charge in [0, 0.05) is 19.2 Å².